The Bertz CT molecular complexity index is 572. The molecule has 1 unspecified atom stereocenters. The van der Waals surface area contributed by atoms with Gasteiger partial charge in [-0.05, 0) is 37.5 Å². The van der Waals surface area contributed by atoms with Crippen LogP contribution in [0.2, 0.25) is 10.0 Å². The van der Waals surface area contributed by atoms with Crippen LogP contribution in [0.15, 0.2) is 18.2 Å². The SMILES string of the molecule is CCCCN(C)C(=O)C1CCCN1C(=O)c1cc(Cl)cc(Cl)c1. The Balaban J connectivity index is 2.14. The number of unbranched alkanes of at least 4 members (excludes halogenated alkanes) is 1. The lowest BCUT2D eigenvalue weighted by Gasteiger charge is -2.28. The van der Waals surface area contributed by atoms with E-state index in [1.165, 1.54) is 0 Å². The second kappa shape index (κ2) is 8.02. The number of rotatable bonds is 5. The highest BCUT2D eigenvalue weighted by Crippen LogP contribution is 2.25. The van der Waals surface area contributed by atoms with Gasteiger partial charge in [-0.2, -0.15) is 0 Å². The summed E-state index contributed by atoms with van der Waals surface area (Å²) >= 11 is 12.0. The molecular formula is C17H22Cl2N2O2. The van der Waals surface area contributed by atoms with Crippen molar-refractivity contribution in [3.05, 3.63) is 33.8 Å². The van der Waals surface area contributed by atoms with Crippen LogP contribution in [-0.4, -0.2) is 47.8 Å². The van der Waals surface area contributed by atoms with Gasteiger partial charge < -0.3 is 9.80 Å². The first kappa shape index (κ1) is 18.1. The lowest BCUT2D eigenvalue weighted by molar-refractivity contribution is -0.134. The van der Waals surface area contributed by atoms with Crippen molar-refractivity contribution >= 4 is 35.0 Å². The van der Waals surface area contributed by atoms with Crippen LogP contribution in [0.3, 0.4) is 0 Å². The summed E-state index contributed by atoms with van der Waals surface area (Å²) < 4.78 is 0. The number of carbonyl (C=O) groups is 2. The number of likely N-dealkylation sites (N-methyl/N-ethyl adjacent to an activating group) is 1. The average Bonchev–Trinajstić information content (AvgIpc) is 2.99. The molecule has 4 nitrogen and oxygen atoms in total. The zero-order chi connectivity index (χ0) is 17.0. The second-order valence-corrected chi connectivity index (χ2v) is 6.80. The Labute approximate surface area is 147 Å². The third-order valence-corrected chi connectivity index (χ3v) is 4.57. The van der Waals surface area contributed by atoms with Crippen molar-refractivity contribution in [2.45, 2.75) is 38.6 Å². The van der Waals surface area contributed by atoms with Crippen LogP contribution >= 0.6 is 23.2 Å². The fraction of sp³-hybridized carbons (Fsp3) is 0.529. The van der Waals surface area contributed by atoms with E-state index in [4.69, 9.17) is 23.2 Å². The van der Waals surface area contributed by atoms with Gasteiger partial charge in [-0.3, -0.25) is 9.59 Å². The van der Waals surface area contributed by atoms with Gasteiger partial charge in [-0.1, -0.05) is 36.5 Å². The molecule has 0 saturated carbocycles. The van der Waals surface area contributed by atoms with Crippen LogP contribution in [-0.2, 0) is 4.79 Å². The van der Waals surface area contributed by atoms with Gasteiger partial charge in [-0.25, -0.2) is 0 Å². The van der Waals surface area contributed by atoms with Crippen LogP contribution in [0.1, 0.15) is 43.0 Å². The normalized spacial score (nSPS) is 17.4. The summed E-state index contributed by atoms with van der Waals surface area (Å²) in [7, 11) is 1.80. The lowest BCUT2D eigenvalue weighted by Crippen LogP contribution is -2.46. The minimum absolute atomic E-state index is 0.0115. The molecule has 1 saturated heterocycles. The lowest BCUT2D eigenvalue weighted by atomic mass is 10.1. The fourth-order valence-corrected chi connectivity index (χ4v) is 3.40. The topological polar surface area (TPSA) is 40.6 Å². The molecule has 1 atom stereocenters. The maximum Gasteiger partial charge on any atom is 0.254 e. The molecule has 1 aliphatic rings. The summed E-state index contributed by atoms with van der Waals surface area (Å²) in [6, 6.07) is 4.39. The highest BCUT2D eigenvalue weighted by atomic mass is 35.5. The molecule has 0 spiro atoms. The van der Waals surface area contributed by atoms with E-state index in [-0.39, 0.29) is 17.9 Å². The maximum absolute atomic E-state index is 12.7. The third kappa shape index (κ3) is 4.39. The number of halogens is 2. The van der Waals surface area contributed by atoms with Crippen molar-refractivity contribution in [3.63, 3.8) is 0 Å². The summed E-state index contributed by atoms with van der Waals surface area (Å²) in [6.45, 7) is 3.39. The first-order chi connectivity index (χ1) is 10.9. The molecule has 1 fully saturated rings. The molecule has 1 heterocycles. The van der Waals surface area contributed by atoms with Crippen molar-refractivity contribution in [2.24, 2.45) is 0 Å². The molecule has 2 rings (SSSR count). The summed E-state index contributed by atoms with van der Waals surface area (Å²) in [5, 5.41) is 0.839. The number of benzene rings is 1. The molecule has 0 N–H and O–H groups in total. The summed E-state index contributed by atoms with van der Waals surface area (Å²) in [5.74, 6) is -0.174. The van der Waals surface area contributed by atoms with Crippen molar-refractivity contribution < 1.29 is 9.59 Å². The molecule has 2 amide bonds. The summed E-state index contributed by atoms with van der Waals surface area (Å²) in [5.41, 5.74) is 0.429. The van der Waals surface area contributed by atoms with Gasteiger partial charge in [0.15, 0.2) is 0 Å². The van der Waals surface area contributed by atoms with E-state index in [2.05, 4.69) is 6.92 Å². The number of nitrogens with zero attached hydrogens (tertiary/aromatic N) is 2. The minimum Gasteiger partial charge on any atom is -0.344 e. The predicted octanol–water partition coefficient (Wildman–Crippen LogP) is 3.86. The van der Waals surface area contributed by atoms with Gasteiger partial charge in [0.1, 0.15) is 6.04 Å². The van der Waals surface area contributed by atoms with E-state index in [9.17, 15) is 9.59 Å². The van der Waals surface area contributed by atoms with E-state index in [0.717, 1.165) is 25.8 Å². The van der Waals surface area contributed by atoms with Crippen molar-refractivity contribution in [2.75, 3.05) is 20.1 Å². The van der Waals surface area contributed by atoms with E-state index >= 15 is 0 Å². The summed E-state index contributed by atoms with van der Waals surface area (Å²) in [6.07, 6.45) is 3.53. The van der Waals surface area contributed by atoms with Gasteiger partial charge in [0.25, 0.3) is 5.91 Å². The molecule has 126 valence electrons. The quantitative estimate of drug-likeness (QED) is 0.803. The Morgan fingerprint density at radius 3 is 2.52 bits per heavy atom. The molecule has 1 aromatic rings. The first-order valence-corrected chi connectivity index (χ1v) is 8.71. The van der Waals surface area contributed by atoms with Crippen LogP contribution < -0.4 is 0 Å². The number of carbonyl (C=O) groups excluding carboxylic acids is 2. The smallest absolute Gasteiger partial charge is 0.254 e. The van der Waals surface area contributed by atoms with Gasteiger partial charge in [0, 0.05) is 35.7 Å². The maximum atomic E-state index is 12.7. The molecule has 0 radical (unpaired) electrons. The zero-order valence-corrected chi connectivity index (χ0v) is 15.0. The van der Waals surface area contributed by atoms with E-state index in [1.807, 2.05) is 0 Å². The van der Waals surface area contributed by atoms with E-state index < -0.39 is 0 Å². The second-order valence-electron chi connectivity index (χ2n) is 5.93. The molecule has 0 aliphatic carbocycles. The average molecular weight is 357 g/mol. The fourth-order valence-electron chi connectivity index (χ4n) is 2.87. The Morgan fingerprint density at radius 2 is 1.91 bits per heavy atom. The molecule has 23 heavy (non-hydrogen) atoms. The highest BCUT2D eigenvalue weighted by Gasteiger charge is 2.36. The van der Waals surface area contributed by atoms with Crippen molar-refractivity contribution in [3.8, 4) is 0 Å². The van der Waals surface area contributed by atoms with Gasteiger partial charge in [0.05, 0.1) is 0 Å². The van der Waals surface area contributed by atoms with Crippen LogP contribution in [0, 0.1) is 0 Å². The standard InChI is InChI=1S/C17H22Cl2N2O2/c1-3-4-7-20(2)17(23)15-6-5-8-21(15)16(22)12-9-13(18)11-14(19)10-12/h9-11,15H,3-8H2,1-2H3. The Kier molecular flexibility index (Phi) is 6.31. The molecule has 6 heteroatoms. The number of hydrogen-bond donors (Lipinski definition) is 0. The first-order valence-electron chi connectivity index (χ1n) is 7.96. The predicted molar refractivity (Wildman–Crippen MR) is 93.1 cm³/mol. The minimum atomic E-state index is -0.387. The number of hydrogen-bond acceptors (Lipinski definition) is 2. The van der Waals surface area contributed by atoms with Crippen molar-refractivity contribution in [1.82, 2.24) is 9.80 Å². The van der Waals surface area contributed by atoms with Crippen LogP contribution in [0.4, 0.5) is 0 Å². The largest absolute Gasteiger partial charge is 0.344 e. The van der Waals surface area contributed by atoms with Gasteiger partial charge >= 0.3 is 0 Å². The van der Waals surface area contributed by atoms with Gasteiger partial charge in [-0.15, -0.1) is 0 Å². The van der Waals surface area contributed by atoms with Crippen molar-refractivity contribution in [1.29, 1.82) is 0 Å². The monoisotopic (exact) mass is 356 g/mol. The van der Waals surface area contributed by atoms with Crippen LogP contribution in [0.5, 0.6) is 0 Å². The molecule has 0 bridgehead atoms. The van der Waals surface area contributed by atoms with E-state index in [1.54, 1.807) is 35.0 Å². The highest BCUT2D eigenvalue weighted by molar-refractivity contribution is 6.35. The molecule has 1 aromatic carbocycles. The molecule has 1 aliphatic heterocycles. The van der Waals surface area contributed by atoms with Crippen LogP contribution in [0.25, 0.3) is 0 Å². The third-order valence-electron chi connectivity index (χ3n) is 4.13. The number of amides is 2. The van der Waals surface area contributed by atoms with E-state index in [0.29, 0.717) is 28.6 Å². The molecule has 0 aromatic heterocycles. The Morgan fingerprint density at radius 1 is 1.26 bits per heavy atom. The Hall–Kier alpha value is -1.26. The van der Waals surface area contributed by atoms with Gasteiger partial charge in [0.2, 0.25) is 5.91 Å². The summed E-state index contributed by atoms with van der Waals surface area (Å²) in [4.78, 5) is 28.7. The number of likely N-dealkylation sites (tertiary alicyclic amines) is 1. The zero-order valence-electron chi connectivity index (χ0n) is 13.5. The molecular weight excluding hydrogens is 335 g/mol.